The predicted octanol–water partition coefficient (Wildman–Crippen LogP) is 3.35. The van der Waals surface area contributed by atoms with Gasteiger partial charge in [-0.3, -0.25) is 4.98 Å². The summed E-state index contributed by atoms with van der Waals surface area (Å²) < 4.78 is 11.3. The maximum Gasteiger partial charge on any atom is 0.130 e. The molecule has 1 aliphatic rings. The minimum Gasteiger partial charge on any atom is -0.487 e. The molecule has 1 aromatic carbocycles. The molecule has 0 spiro atoms. The summed E-state index contributed by atoms with van der Waals surface area (Å²) in [4.78, 5) is 4.28. The van der Waals surface area contributed by atoms with E-state index in [1.54, 1.807) is 6.20 Å². The van der Waals surface area contributed by atoms with E-state index in [4.69, 9.17) is 9.47 Å². The van der Waals surface area contributed by atoms with Crippen LogP contribution in [-0.4, -0.2) is 24.7 Å². The average molecular weight is 312 g/mol. The van der Waals surface area contributed by atoms with E-state index in [1.165, 1.54) is 5.56 Å². The second kappa shape index (κ2) is 8.09. The summed E-state index contributed by atoms with van der Waals surface area (Å²) in [5, 5.41) is 3.59. The lowest BCUT2D eigenvalue weighted by molar-refractivity contribution is 0.184. The van der Waals surface area contributed by atoms with Crippen molar-refractivity contribution in [3.63, 3.8) is 0 Å². The number of aromatic nitrogens is 1. The van der Waals surface area contributed by atoms with Gasteiger partial charge in [0, 0.05) is 25.4 Å². The Bertz CT molecular complexity index is 597. The van der Waals surface area contributed by atoms with Gasteiger partial charge in [0.25, 0.3) is 0 Å². The van der Waals surface area contributed by atoms with Crippen molar-refractivity contribution in [3.8, 4) is 5.75 Å². The standard InChI is InChI=1S/C19H24N2O2/c1-15(21-12-16-8-10-22-13-16)17-5-4-7-19(11-17)23-14-18-6-2-3-9-20-18/h2-7,9,11,15-16,21H,8,10,12-14H2,1H3. The molecule has 23 heavy (non-hydrogen) atoms. The van der Waals surface area contributed by atoms with E-state index in [0.29, 0.717) is 18.6 Å². The molecule has 2 heterocycles. The predicted molar refractivity (Wildman–Crippen MR) is 90.4 cm³/mol. The summed E-state index contributed by atoms with van der Waals surface area (Å²) in [5.41, 5.74) is 2.17. The van der Waals surface area contributed by atoms with Gasteiger partial charge in [-0.25, -0.2) is 0 Å². The molecule has 1 fully saturated rings. The third kappa shape index (κ3) is 4.78. The van der Waals surface area contributed by atoms with Crippen LogP contribution in [0, 0.1) is 5.92 Å². The van der Waals surface area contributed by atoms with Gasteiger partial charge in [-0.15, -0.1) is 0 Å². The first-order valence-electron chi connectivity index (χ1n) is 8.25. The number of nitrogens with one attached hydrogen (secondary N) is 1. The lowest BCUT2D eigenvalue weighted by Crippen LogP contribution is -2.26. The first-order valence-corrected chi connectivity index (χ1v) is 8.25. The number of nitrogens with zero attached hydrogens (tertiary/aromatic N) is 1. The van der Waals surface area contributed by atoms with Gasteiger partial charge < -0.3 is 14.8 Å². The lowest BCUT2D eigenvalue weighted by Gasteiger charge is -2.17. The zero-order valence-electron chi connectivity index (χ0n) is 13.6. The Morgan fingerprint density at radius 1 is 1.30 bits per heavy atom. The van der Waals surface area contributed by atoms with Crippen LogP contribution in [0.15, 0.2) is 48.7 Å². The molecule has 0 bridgehead atoms. The minimum absolute atomic E-state index is 0.300. The highest BCUT2D eigenvalue weighted by atomic mass is 16.5. The normalized spacial score (nSPS) is 18.7. The number of hydrogen-bond acceptors (Lipinski definition) is 4. The Morgan fingerprint density at radius 3 is 3.04 bits per heavy atom. The third-order valence-electron chi connectivity index (χ3n) is 4.21. The van der Waals surface area contributed by atoms with Crippen LogP contribution in [0.3, 0.4) is 0 Å². The molecular weight excluding hydrogens is 288 g/mol. The molecule has 0 aliphatic carbocycles. The third-order valence-corrected chi connectivity index (χ3v) is 4.21. The van der Waals surface area contributed by atoms with Gasteiger partial charge in [-0.2, -0.15) is 0 Å². The molecule has 2 atom stereocenters. The van der Waals surface area contributed by atoms with Gasteiger partial charge in [-0.1, -0.05) is 18.2 Å². The van der Waals surface area contributed by atoms with Gasteiger partial charge in [0.2, 0.25) is 0 Å². The van der Waals surface area contributed by atoms with Crippen molar-refractivity contribution in [2.24, 2.45) is 5.92 Å². The summed E-state index contributed by atoms with van der Waals surface area (Å²) in [6.07, 6.45) is 2.95. The zero-order valence-corrected chi connectivity index (χ0v) is 13.6. The van der Waals surface area contributed by atoms with Gasteiger partial charge in [0.15, 0.2) is 0 Å². The minimum atomic E-state index is 0.300. The average Bonchev–Trinajstić information content (AvgIpc) is 3.12. The Hall–Kier alpha value is -1.91. The topological polar surface area (TPSA) is 43.4 Å². The first-order chi connectivity index (χ1) is 11.3. The quantitative estimate of drug-likeness (QED) is 0.851. The van der Waals surface area contributed by atoms with E-state index in [-0.39, 0.29) is 0 Å². The van der Waals surface area contributed by atoms with E-state index in [9.17, 15) is 0 Å². The van der Waals surface area contributed by atoms with E-state index >= 15 is 0 Å². The molecule has 3 rings (SSSR count). The van der Waals surface area contributed by atoms with E-state index in [0.717, 1.165) is 37.6 Å². The monoisotopic (exact) mass is 312 g/mol. The van der Waals surface area contributed by atoms with Crippen molar-refractivity contribution in [1.29, 1.82) is 0 Å². The van der Waals surface area contributed by atoms with Gasteiger partial charge in [0.05, 0.1) is 12.3 Å². The number of hydrogen-bond donors (Lipinski definition) is 1. The van der Waals surface area contributed by atoms with Crippen molar-refractivity contribution in [3.05, 3.63) is 59.9 Å². The zero-order chi connectivity index (χ0) is 15.9. The summed E-state index contributed by atoms with van der Waals surface area (Å²) >= 11 is 0. The van der Waals surface area contributed by atoms with Crippen LogP contribution in [0.4, 0.5) is 0 Å². The molecule has 2 aromatic rings. The SMILES string of the molecule is CC(NCC1CCOC1)c1cccc(OCc2ccccn2)c1. The molecule has 0 saturated carbocycles. The van der Waals surface area contributed by atoms with Crippen LogP contribution >= 0.6 is 0 Å². The highest BCUT2D eigenvalue weighted by Crippen LogP contribution is 2.21. The molecule has 1 saturated heterocycles. The molecule has 122 valence electrons. The summed E-state index contributed by atoms with van der Waals surface area (Å²) in [5.74, 6) is 1.52. The van der Waals surface area contributed by atoms with Crippen molar-refractivity contribution in [1.82, 2.24) is 10.3 Å². The highest BCUT2D eigenvalue weighted by Gasteiger charge is 2.16. The Balaban J connectivity index is 1.53. The summed E-state index contributed by atoms with van der Waals surface area (Å²) in [6.45, 7) is 5.46. The smallest absolute Gasteiger partial charge is 0.130 e. The van der Waals surface area contributed by atoms with Crippen molar-refractivity contribution < 1.29 is 9.47 Å². The van der Waals surface area contributed by atoms with Crippen molar-refractivity contribution in [2.45, 2.75) is 26.0 Å². The second-order valence-electron chi connectivity index (χ2n) is 6.04. The highest BCUT2D eigenvalue weighted by molar-refractivity contribution is 5.30. The van der Waals surface area contributed by atoms with Gasteiger partial charge in [-0.05, 0) is 49.1 Å². The van der Waals surface area contributed by atoms with Crippen molar-refractivity contribution >= 4 is 0 Å². The fraction of sp³-hybridized carbons (Fsp3) is 0.421. The molecular formula is C19H24N2O2. The molecule has 1 N–H and O–H groups in total. The fourth-order valence-corrected chi connectivity index (χ4v) is 2.72. The molecule has 4 nitrogen and oxygen atoms in total. The van der Waals surface area contributed by atoms with Gasteiger partial charge in [0.1, 0.15) is 12.4 Å². The number of pyridine rings is 1. The lowest BCUT2D eigenvalue weighted by atomic mass is 10.1. The largest absolute Gasteiger partial charge is 0.487 e. The van der Waals surface area contributed by atoms with E-state index in [1.807, 2.05) is 30.3 Å². The van der Waals surface area contributed by atoms with E-state index in [2.05, 4.69) is 29.4 Å². The molecule has 0 amide bonds. The Morgan fingerprint density at radius 2 is 2.26 bits per heavy atom. The fourth-order valence-electron chi connectivity index (χ4n) is 2.72. The van der Waals surface area contributed by atoms with Crippen LogP contribution in [0.2, 0.25) is 0 Å². The maximum atomic E-state index is 5.85. The van der Waals surface area contributed by atoms with Crippen LogP contribution in [0.25, 0.3) is 0 Å². The van der Waals surface area contributed by atoms with Crippen LogP contribution in [-0.2, 0) is 11.3 Å². The molecule has 4 heteroatoms. The number of benzene rings is 1. The Labute approximate surface area is 137 Å². The first kappa shape index (κ1) is 16.0. The van der Waals surface area contributed by atoms with Gasteiger partial charge >= 0.3 is 0 Å². The molecule has 0 radical (unpaired) electrons. The number of rotatable bonds is 7. The molecule has 1 aromatic heterocycles. The second-order valence-corrected chi connectivity index (χ2v) is 6.04. The summed E-state index contributed by atoms with van der Waals surface area (Å²) in [7, 11) is 0. The molecule has 1 aliphatic heterocycles. The number of ether oxygens (including phenoxy) is 2. The van der Waals surface area contributed by atoms with E-state index < -0.39 is 0 Å². The Kier molecular flexibility index (Phi) is 5.61. The van der Waals surface area contributed by atoms with Crippen LogP contribution in [0.1, 0.15) is 30.6 Å². The van der Waals surface area contributed by atoms with Crippen molar-refractivity contribution in [2.75, 3.05) is 19.8 Å². The molecule has 2 unspecified atom stereocenters. The van der Waals surface area contributed by atoms with Crippen LogP contribution in [0.5, 0.6) is 5.75 Å². The van der Waals surface area contributed by atoms with Crippen LogP contribution < -0.4 is 10.1 Å². The maximum absolute atomic E-state index is 5.85. The summed E-state index contributed by atoms with van der Waals surface area (Å²) in [6, 6.07) is 14.4.